The molecule has 20 heavy (non-hydrogen) atoms. The normalized spacial score (nSPS) is 11.3. The lowest BCUT2D eigenvalue weighted by Gasteiger charge is -2.37. The van der Waals surface area contributed by atoms with Crippen molar-refractivity contribution in [3.8, 4) is 11.5 Å². The molecular formula is C18H24BO-. The number of hydrogen-bond donors (Lipinski definition) is 0. The number of ether oxygens (including phenoxy) is 1. The maximum absolute atomic E-state index is 5.85. The summed E-state index contributed by atoms with van der Waals surface area (Å²) in [6.45, 7) is 6.92. The van der Waals surface area contributed by atoms with Crippen LogP contribution in [0.3, 0.4) is 0 Å². The van der Waals surface area contributed by atoms with Crippen LogP contribution < -0.4 is 10.2 Å². The first-order chi connectivity index (χ1) is 9.74. The van der Waals surface area contributed by atoms with Crippen molar-refractivity contribution in [2.75, 3.05) is 0 Å². The van der Waals surface area contributed by atoms with E-state index in [1.54, 1.807) is 0 Å². The molecule has 0 fully saturated rings. The molecule has 0 N–H and O–H groups in total. The highest BCUT2D eigenvalue weighted by Gasteiger charge is 2.20. The first-order valence-electron chi connectivity index (χ1n) is 7.78. The molecule has 2 rings (SSSR count). The number of rotatable bonds is 6. The van der Waals surface area contributed by atoms with E-state index in [0.29, 0.717) is 0 Å². The lowest BCUT2D eigenvalue weighted by molar-refractivity contribution is 0.483. The fraction of sp³-hybridized carbons (Fsp3) is 0.333. The number of benzene rings is 2. The van der Waals surface area contributed by atoms with E-state index in [0.717, 1.165) is 11.5 Å². The molecule has 0 bridgehead atoms. The third-order valence-corrected chi connectivity index (χ3v) is 4.91. The highest BCUT2D eigenvalue weighted by Crippen LogP contribution is 2.23. The molecule has 0 atom stereocenters. The average Bonchev–Trinajstić information content (AvgIpc) is 2.52. The van der Waals surface area contributed by atoms with Crippen LogP contribution in [0.25, 0.3) is 0 Å². The lowest BCUT2D eigenvalue weighted by Crippen LogP contribution is -2.45. The molecule has 0 spiro atoms. The second kappa shape index (κ2) is 6.65. The van der Waals surface area contributed by atoms with Crippen molar-refractivity contribution < 1.29 is 4.74 Å². The fourth-order valence-corrected chi connectivity index (χ4v) is 3.14. The first kappa shape index (κ1) is 14.7. The molecule has 0 aromatic heterocycles. The fourth-order valence-electron chi connectivity index (χ4n) is 3.14. The van der Waals surface area contributed by atoms with Gasteiger partial charge in [-0.15, -0.1) is 0 Å². The molecule has 2 heteroatoms. The van der Waals surface area contributed by atoms with E-state index in [2.05, 4.69) is 45.0 Å². The standard InChI is InChI=1S/C18H24BO/c1-4-19(5-2,6-3)16-12-14-18(15-13-16)20-17-10-8-7-9-11-17/h7-15H,4-6H2,1-3H3/q-1. The molecule has 0 aliphatic rings. The van der Waals surface area contributed by atoms with E-state index >= 15 is 0 Å². The highest BCUT2D eigenvalue weighted by molar-refractivity contribution is 6.91. The molecule has 1 nitrogen and oxygen atoms in total. The van der Waals surface area contributed by atoms with Crippen molar-refractivity contribution in [1.82, 2.24) is 0 Å². The molecule has 0 amide bonds. The average molecular weight is 267 g/mol. The van der Waals surface area contributed by atoms with Crippen molar-refractivity contribution in [2.45, 2.75) is 39.7 Å². The zero-order valence-corrected chi connectivity index (χ0v) is 12.8. The molecule has 0 radical (unpaired) electrons. The van der Waals surface area contributed by atoms with Gasteiger partial charge in [0.2, 0.25) is 0 Å². The molecule has 0 saturated carbocycles. The number of hydrogen-bond acceptors (Lipinski definition) is 1. The predicted octanol–water partition coefficient (Wildman–Crippen LogP) is 5.19. The summed E-state index contributed by atoms with van der Waals surface area (Å²) in [5, 5.41) is 0. The zero-order chi connectivity index (χ0) is 14.4. The second-order valence-corrected chi connectivity index (χ2v) is 5.69. The molecule has 106 valence electrons. The first-order valence-corrected chi connectivity index (χ1v) is 7.78. The van der Waals surface area contributed by atoms with Crippen LogP contribution >= 0.6 is 0 Å². The van der Waals surface area contributed by atoms with Gasteiger partial charge in [0.25, 0.3) is 0 Å². The van der Waals surface area contributed by atoms with Crippen molar-refractivity contribution in [1.29, 1.82) is 0 Å². The molecule has 2 aromatic rings. The Morgan fingerprint density at radius 1 is 0.700 bits per heavy atom. The Labute approximate surface area is 122 Å². The van der Waals surface area contributed by atoms with Crippen LogP contribution in [0.4, 0.5) is 0 Å². The van der Waals surface area contributed by atoms with Gasteiger partial charge in [-0.3, -0.25) is 0 Å². The van der Waals surface area contributed by atoms with Crippen LogP contribution in [0.2, 0.25) is 19.0 Å². The highest BCUT2D eigenvalue weighted by atomic mass is 16.5. The summed E-state index contributed by atoms with van der Waals surface area (Å²) in [4.78, 5) is 0. The molecular weight excluding hydrogens is 243 g/mol. The van der Waals surface area contributed by atoms with Crippen LogP contribution in [0.1, 0.15) is 20.8 Å². The van der Waals surface area contributed by atoms with Gasteiger partial charge in [-0.2, -0.15) is 19.0 Å². The minimum Gasteiger partial charge on any atom is -0.457 e. The summed E-state index contributed by atoms with van der Waals surface area (Å²) in [5.74, 6) is 1.80. The Balaban J connectivity index is 2.18. The summed E-state index contributed by atoms with van der Waals surface area (Å²) in [6, 6.07) is 18.6. The van der Waals surface area contributed by atoms with E-state index in [9.17, 15) is 0 Å². The molecule has 0 saturated heterocycles. The summed E-state index contributed by atoms with van der Waals surface area (Å²) in [6.07, 6.45) is 3.33. The quantitative estimate of drug-likeness (QED) is 0.654. The third kappa shape index (κ3) is 3.06. The summed E-state index contributed by atoms with van der Waals surface area (Å²) < 4.78 is 5.85. The van der Waals surface area contributed by atoms with Gasteiger partial charge in [-0.25, -0.2) is 5.46 Å². The maximum atomic E-state index is 5.85. The van der Waals surface area contributed by atoms with Crippen molar-refractivity contribution in [2.24, 2.45) is 0 Å². The monoisotopic (exact) mass is 267 g/mol. The van der Waals surface area contributed by atoms with Crippen LogP contribution in [-0.4, -0.2) is 6.15 Å². The Hall–Kier alpha value is -1.70. The summed E-state index contributed by atoms with van der Waals surface area (Å²) in [5.41, 5.74) is 1.48. The van der Waals surface area contributed by atoms with E-state index < -0.39 is 6.15 Å². The molecule has 0 aliphatic heterocycles. The van der Waals surface area contributed by atoms with Gasteiger partial charge in [0.1, 0.15) is 11.5 Å². The molecule has 0 unspecified atom stereocenters. The molecule has 2 aromatic carbocycles. The van der Waals surface area contributed by atoms with Gasteiger partial charge in [0.05, 0.1) is 0 Å². The maximum Gasteiger partial charge on any atom is 0.127 e. The van der Waals surface area contributed by atoms with Crippen LogP contribution in [0.5, 0.6) is 11.5 Å². The van der Waals surface area contributed by atoms with Gasteiger partial charge in [-0.1, -0.05) is 51.1 Å². The van der Waals surface area contributed by atoms with Crippen molar-refractivity contribution in [3.05, 3.63) is 54.6 Å². The van der Waals surface area contributed by atoms with Crippen LogP contribution in [0, 0.1) is 0 Å². The van der Waals surface area contributed by atoms with E-state index in [-0.39, 0.29) is 0 Å². The van der Waals surface area contributed by atoms with E-state index in [1.807, 2.05) is 30.3 Å². The Kier molecular flexibility index (Phi) is 4.89. The largest absolute Gasteiger partial charge is 0.457 e. The third-order valence-electron chi connectivity index (χ3n) is 4.91. The van der Waals surface area contributed by atoms with Gasteiger partial charge in [0.15, 0.2) is 0 Å². The topological polar surface area (TPSA) is 9.23 Å². The summed E-state index contributed by atoms with van der Waals surface area (Å²) >= 11 is 0. The minimum absolute atomic E-state index is 0.398. The van der Waals surface area contributed by atoms with E-state index in [1.165, 1.54) is 24.4 Å². The van der Waals surface area contributed by atoms with E-state index in [4.69, 9.17) is 4.74 Å². The minimum atomic E-state index is -0.398. The lowest BCUT2D eigenvalue weighted by atomic mass is 9.17. The smallest absolute Gasteiger partial charge is 0.127 e. The van der Waals surface area contributed by atoms with Crippen molar-refractivity contribution in [3.63, 3.8) is 0 Å². The SMILES string of the molecule is CC[B-](CC)(CC)c1ccc(Oc2ccccc2)cc1. The van der Waals surface area contributed by atoms with Gasteiger partial charge in [0, 0.05) is 6.15 Å². The Morgan fingerprint density at radius 3 is 1.70 bits per heavy atom. The molecule has 0 heterocycles. The molecule has 0 aliphatic carbocycles. The van der Waals surface area contributed by atoms with Crippen LogP contribution in [0.15, 0.2) is 54.6 Å². The predicted molar refractivity (Wildman–Crippen MR) is 89.8 cm³/mol. The van der Waals surface area contributed by atoms with Crippen LogP contribution in [-0.2, 0) is 0 Å². The van der Waals surface area contributed by atoms with Crippen molar-refractivity contribution >= 4 is 11.6 Å². The Bertz CT molecular complexity index is 507. The Morgan fingerprint density at radius 2 is 1.20 bits per heavy atom. The zero-order valence-electron chi connectivity index (χ0n) is 12.8. The van der Waals surface area contributed by atoms with Gasteiger partial charge < -0.3 is 4.74 Å². The number of para-hydroxylation sites is 1. The van der Waals surface area contributed by atoms with Gasteiger partial charge in [-0.05, 0) is 24.3 Å². The van der Waals surface area contributed by atoms with Gasteiger partial charge >= 0.3 is 0 Å². The second-order valence-electron chi connectivity index (χ2n) is 5.69. The summed E-state index contributed by atoms with van der Waals surface area (Å²) in [7, 11) is 0.